The predicted molar refractivity (Wildman–Crippen MR) is 73.4 cm³/mol. The Morgan fingerprint density at radius 2 is 1.85 bits per heavy atom. The first kappa shape index (κ1) is 14.2. The minimum Gasteiger partial charge on any atom is -0.478 e. The van der Waals surface area contributed by atoms with Crippen LogP contribution in [0.15, 0.2) is 30.3 Å². The number of carbonyl (C=O) groups is 2. The van der Waals surface area contributed by atoms with E-state index >= 15 is 0 Å². The summed E-state index contributed by atoms with van der Waals surface area (Å²) in [5.74, 6) is -1.69. The van der Waals surface area contributed by atoms with Gasteiger partial charge in [-0.1, -0.05) is 23.2 Å². The van der Waals surface area contributed by atoms with E-state index in [1.807, 2.05) is 0 Å². The number of carbonyl (C=O) groups excluding carboxylic acids is 1. The Bertz CT molecular complexity index is 674. The molecule has 0 unspecified atom stereocenters. The first-order valence-corrected chi connectivity index (χ1v) is 6.06. The molecule has 8 heteroatoms. The van der Waals surface area contributed by atoms with Crippen LogP contribution in [0.1, 0.15) is 20.8 Å². The SMILES string of the molecule is O=C(O)c1ccc(Cl)c(NC(=O)c2ccc(Cl)nn2)c1. The smallest absolute Gasteiger partial charge is 0.335 e. The lowest BCUT2D eigenvalue weighted by atomic mass is 10.2. The van der Waals surface area contributed by atoms with Crippen molar-refractivity contribution in [2.75, 3.05) is 5.32 Å². The van der Waals surface area contributed by atoms with E-state index in [-0.39, 0.29) is 27.1 Å². The van der Waals surface area contributed by atoms with Crippen LogP contribution in [0.4, 0.5) is 5.69 Å². The van der Waals surface area contributed by atoms with Crippen molar-refractivity contribution >= 4 is 40.8 Å². The van der Waals surface area contributed by atoms with Gasteiger partial charge in [0.1, 0.15) is 0 Å². The molecule has 6 nitrogen and oxygen atoms in total. The maximum Gasteiger partial charge on any atom is 0.335 e. The zero-order valence-corrected chi connectivity index (χ0v) is 11.3. The number of hydrogen-bond donors (Lipinski definition) is 2. The summed E-state index contributed by atoms with van der Waals surface area (Å²) in [6.45, 7) is 0. The molecule has 1 heterocycles. The average molecular weight is 312 g/mol. The van der Waals surface area contributed by atoms with E-state index < -0.39 is 11.9 Å². The molecule has 2 N–H and O–H groups in total. The second-order valence-electron chi connectivity index (χ2n) is 3.70. The second-order valence-corrected chi connectivity index (χ2v) is 4.49. The number of nitrogens with one attached hydrogen (secondary N) is 1. The fraction of sp³-hybridized carbons (Fsp3) is 0. The van der Waals surface area contributed by atoms with Gasteiger partial charge < -0.3 is 10.4 Å². The van der Waals surface area contributed by atoms with Crippen LogP contribution in [0.5, 0.6) is 0 Å². The topological polar surface area (TPSA) is 92.2 Å². The van der Waals surface area contributed by atoms with Crippen LogP contribution >= 0.6 is 23.2 Å². The maximum absolute atomic E-state index is 11.9. The maximum atomic E-state index is 11.9. The number of nitrogens with zero attached hydrogens (tertiary/aromatic N) is 2. The highest BCUT2D eigenvalue weighted by molar-refractivity contribution is 6.34. The Kier molecular flexibility index (Phi) is 4.16. The highest BCUT2D eigenvalue weighted by Gasteiger charge is 2.12. The number of aromatic nitrogens is 2. The van der Waals surface area contributed by atoms with Crippen LogP contribution in [-0.2, 0) is 0 Å². The summed E-state index contributed by atoms with van der Waals surface area (Å²) < 4.78 is 0. The molecule has 0 bridgehead atoms. The van der Waals surface area contributed by atoms with Crippen LogP contribution in [0.3, 0.4) is 0 Å². The summed E-state index contributed by atoms with van der Waals surface area (Å²) in [5.41, 5.74) is 0.214. The Hall–Kier alpha value is -2.18. The van der Waals surface area contributed by atoms with Crippen molar-refractivity contribution in [2.45, 2.75) is 0 Å². The molecule has 1 aromatic carbocycles. The standard InChI is InChI=1S/C12H7Cl2N3O3/c13-7-2-1-6(12(19)20)5-9(7)15-11(18)8-3-4-10(14)17-16-8/h1-5H,(H,15,18)(H,19,20). The molecule has 20 heavy (non-hydrogen) atoms. The molecule has 102 valence electrons. The lowest BCUT2D eigenvalue weighted by Crippen LogP contribution is -2.15. The largest absolute Gasteiger partial charge is 0.478 e. The minimum atomic E-state index is -1.12. The Morgan fingerprint density at radius 1 is 1.10 bits per heavy atom. The number of aromatic carboxylic acids is 1. The first-order valence-electron chi connectivity index (χ1n) is 5.31. The highest BCUT2D eigenvalue weighted by atomic mass is 35.5. The molecule has 0 saturated heterocycles. The summed E-state index contributed by atoms with van der Waals surface area (Å²) in [7, 11) is 0. The summed E-state index contributed by atoms with van der Waals surface area (Å²) in [6, 6.07) is 6.78. The molecule has 0 saturated carbocycles. The Labute approximate surface area is 123 Å². The van der Waals surface area contributed by atoms with Crippen LogP contribution in [0, 0.1) is 0 Å². The van der Waals surface area contributed by atoms with Gasteiger partial charge in [0.2, 0.25) is 0 Å². The summed E-state index contributed by atoms with van der Waals surface area (Å²) in [5, 5.41) is 18.9. The van der Waals surface area contributed by atoms with Gasteiger partial charge in [-0.25, -0.2) is 4.79 Å². The molecule has 0 spiro atoms. The normalized spacial score (nSPS) is 10.1. The van der Waals surface area contributed by atoms with E-state index in [0.29, 0.717) is 0 Å². The van der Waals surface area contributed by atoms with Gasteiger partial charge in [-0.15, -0.1) is 10.2 Å². The zero-order valence-electron chi connectivity index (χ0n) is 9.80. The van der Waals surface area contributed by atoms with Gasteiger partial charge in [0, 0.05) is 0 Å². The second kappa shape index (κ2) is 5.85. The van der Waals surface area contributed by atoms with Gasteiger partial charge >= 0.3 is 5.97 Å². The van der Waals surface area contributed by atoms with Crippen LogP contribution in [0.2, 0.25) is 10.2 Å². The average Bonchev–Trinajstić information content (AvgIpc) is 2.41. The summed E-state index contributed by atoms with van der Waals surface area (Å²) in [4.78, 5) is 22.8. The third-order valence-corrected chi connectivity index (χ3v) is 2.86. The lowest BCUT2D eigenvalue weighted by molar-refractivity contribution is 0.0696. The molecule has 0 aliphatic rings. The molecule has 0 aliphatic carbocycles. The van der Waals surface area contributed by atoms with Crippen LogP contribution in [0.25, 0.3) is 0 Å². The molecular weight excluding hydrogens is 305 g/mol. The molecule has 0 aliphatic heterocycles. The Balaban J connectivity index is 2.25. The minimum absolute atomic E-state index is 0.00638. The van der Waals surface area contributed by atoms with E-state index in [0.717, 1.165) is 0 Å². The van der Waals surface area contributed by atoms with Gasteiger partial charge in [-0.3, -0.25) is 4.79 Å². The van der Waals surface area contributed by atoms with Crippen molar-refractivity contribution in [3.8, 4) is 0 Å². The van der Waals surface area contributed by atoms with Crippen LogP contribution < -0.4 is 5.32 Å². The predicted octanol–water partition coefficient (Wildman–Crippen LogP) is 2.73. The highest BCUT2D eigenvalue weighted by Crippen LogP contribution is 2.23. The number of amides is 1. The number of carboxylic acids is 1. The van der Waals surface area contributed by atoms with E-state index in [1.165, 1.54) is 30.3 Å². The fourth-order valence-corrected chi connectivity index (χ4v) is 1.64. The quantitative estimate of drug-likeness (QED) is 0.909. The molecule has 0 fully saturated rings. The zero-order chi connectivity index (χ0) is 14.7. The van der Waals surface area contributed by atoms with Crippen molar-refractivity contribution in [3.05, 3.63) is 51.8 Å². The van der Waals surface area contributed by atoms with Crippen LogP contribution in [-0.4, -0.2) is 27.2 Å². The number of halogens is 2. The van der Waals surface area contributed by atoms with Crippen molar-refractivity contribution in [2.24, 2.45) is 0 Å². The molecule has 2 rings (SSSR count). The fourth-order valence-electron chi connectivity index (χ4n) is 1.38. The van der Waals surface area contributed by atoms with Crippen molar-refractivity contribution in [3.63, 3.8) is 0 Å². The molecule has 0 radical (unpaired) electrons. The van der Waals surface area contributed by atoms with Gasteiger partial charge in [-0.2, -0.15) is 0 Å². The van der Waals surface area contributed by atoms with E-state index in [9.17, 15) is 9.59 Å². The van der Waals surface area contributed by atoms with E-state index in [2.05, 4.69) is 15.5 Å². The van der Waals surface area contributed by atoms with Gasteiger partial charge in [0.15, 0.2) is 10.8 Å². The number of anilines is 1. The Morgan fingerprint density at radius 3 is 2.45 bits per heavy atom. The van der Waals surface area contributed by atoms with Gasteiger partial charge in [-0.05, 0) is 30.3 Å². The van der Waals surface area contributed by atoms with Crippen molar-refractivity contribution in [1.82, 2.24) is 10.2 Å². The molecule has 1 aromatic heterocycles. The van der Waals surface area contributed by atoms with Gasteiger partial charge in [0.25, 0.3) is 5.91 Å². The summed E-state index contributed by atoms with van der Waals surface area (Å²) in [6.07, 6.45) is 0. The molecule has 2 aromatic rings. The van der Waals surface area contributed by atoms with E-state index in [4.69, 9.17) is 28.3 Å². The number of hydrogen-bond acceptors (Lipinski definition) is 4. The number of benzene rings is 1. The van der Waals surface area contributed by atoms with Crippen molar-refractivity contribution in [1.29, 1.82) is 0 Å². The monoisotopic (exact) mass is 311 g/mol. The molecular formula is C12H7Cl2N3O3. The van der Waals surface area contributed by atoms with Gasteiger partial charge in [0.05, 0.1) is 16.3 Å². The summed E-state index contributed by atoms with van der Waals surface area (Å²) >= 11 is 11.5. The number of rotatable bonds is 3. The first-order chi connectivity index (χ1) is 9.47. The molecule has 0 atom stereocenters. The molecule has 1 amide bonds. The van der Waals surface area contributed by atoms with Crippen molar-refractivity contribution < 1.29 is 14.7 Å². The number of carboxylic acid groups (broad SMARTS) is 1. The van der Waals surface area contributed by atoms with E-state index in [1.54, 1.807) is 0 Å². The lowest BCUT2D eigenvalue weighted by Gasteiger charge is -2.07. The third-order valence-electron chi connectivity index (χ3n) is 2.33. The third kappa shape index (κ3) is 3.23.